The van der Waals surface area contributed by atoms with Gasteiger partial charge in [0.1, 0.15) is 5.82 Å². The van der Waals surface area contributed by atoms with Gasteiger partial charge >= 0.3 is 5.97 Å². The number of nitro groups is 1. The SMILES string of the molecule is O=C(O)c1ccc(-c2cncc(F)c2)c([N+](=O)[O-])c1. The number of carboxylic acid groups (broad SMARTS) is 1. The first kappa shape index (κ1) is 12.6. The predicted octanol–water partition coefficient (Wildman–Crippen LogP) is 2.49. The summed E-state index contributed by atoms with van der Waals surface area (Å²) in [7, 11) is 0. The van der Waals surface area contributed by atoms with E-state index in [1.54, 1.807) is 0 Å². The lowest BCUT2D eigenvalue weighted by molar-refractivity contribution is -0.384. The largest absolute Gasteiger partial charge is 0.478 e. The Morgan fingerprint density at radius 2 is 2.05 bits per heavy atom. The zero-order valence-corrected chi connectivity index (χ0v) is 9.41. The summed E-state index contributed by atoms with van der Waals surface area (Å²) in [5.74, 6) is -1.90. The van der Waals surface area contributed by atoms with Gasteiger partial charge in [0, 0.05) is 17.8 Å². The van der Waals surface area contributed by atoms with E-state index >= 15 is 0 Å². The summed E-state index contributed by atoms with van der Waals surface area (Å²) in [5, 5.41) is 19.8. The molecule has 6 nitrogen and oxygen atoms in total. The van der Waals surface area contributed by atoms with Crippen LogP contribution in [-0.4, -0.2) is 21.0 Å². The van der Waals surface area contributed by atoms with Crippen molar-refractivity contribution in [2.45, 2.75) is 0 Å². The predicted molar refractivity (Wildman–Crippen MR) is 63.2 cm³/mol. The first-order chi connectivity index (χ1) is 8.99. The van der Waals surface area contributed by atoms with Gasteiger partial charge in [-0.15, -0.1) is 0 Å². The van der Waals surface area contributed by atoms with Crippen LogP contribution in [-0.2, 0) is 0 Å². The summed E-state index contributed by atoms with van der Waals surface area (Å²) < 4.78 is 13.1. The minimum absolute atomic E-state index is 0.113. The molecule has 0 bridgehead atoms. The lowest BCUT2D eigenvalue weighted by atomic mass is 10.0. The van der Waals surface area contributed by atoms with Gasteiger partial charge in [-0.2, -0.15) is 0 Å². The number of aromatic nitrogens is 1. The van der Waals surface area contributed by atoms with E-state index in [1.807, 2.05) is 0 Å². The van der Waals surface area contributed by atoms with Gasteiger partial charge < -0.3 is 5.11 Å². The molecule has 0 saturated heterocycles. The van der Waals surface area contributed by atoms with Crippen molar-refractivity contribution >= 4 is 11.7 Å². The normalized spacial score (nSPS) is 10.2. The second kappa shape index (κ2) is 4.81. The molecule has 0 atom stereocenters. The standard InChI is InChI=1S/C12H7FN2O4/c13-9-3-8(5-14-6-9)10-2-1-7(12(16)17)4-11(10)15(18)19/h1-6H,(H,16,17). The van der Waals surface area contributed by atoms with Crippen LogP contribution < -0.4 is 0 Å². The average Bonchev–Trinajstić information content (AvgIpc) is 2.37. The number of aromatic carboxylic acids is 1. The molecule has 0 unspecified atom stereocenters. The Balaban J connectivity index is 2.63. The van der Waals surface area contributed by atoms with Gasteiger partial charge in [-0.25, -0.2) is 9.18 Å². The summed E-state index contributed by atoms with van der Waals surface area (Å²) in [6.45, 7) is 0. The van der Waals surface area contributed by atoms with Crippen molar-refractivity contribution in [2.24, 2.45) is 0 Å². The number of halogens is 1. The fourth-order valence-electron chi connectivity index (χ4n) is 1.62. The van der Waals surface area contributed by atoms with Crippen LogP contribution in [0.4, 0.5) is 10.1 Å². The third-order valence-corrected chi connectivity index (χ3v) is 2.46. The first-order valence-corrected chi connectivity index (χ1v) is 5.11. The van der Waals surface area contributed by atoms with Gasteiger partial charge in [0.25, 0.3) is 5.69 Å². The maximum absolute atomic E-state index is 13.1. The molecule has 0 aliphatic rings. The molecule has 2 rings (SSSR count). The van der Waals surface area contributed by atoms with Gasteiger partial charge in [0.2, 0.25) is 0 Å². The zero-order valence-electron chi connectivity index (χ0n) is 9.41. The van der Waals surface area contributed by atoms with Gasteiger partial charge in [-0.05, 0) is 18.2 Å². The maximum Gasteiger partial charge on any atom is 0.335 e. The van der Waals surface area contributed by atoms with Crippen molar-refractivity contribution in [2.75, 3.05) is 0 Å². The van der Waals surface area contributed by atoms with E-state index in [2.05, 4.69) is 4.98 Å². The Bertz CT molecular complexity index is 673. The molecule has 0 saturated carbocycles. The van der Waals surface area contributed by atoms with E-state index in [0.717, 1.165) is 18.3 Å². The summed E-state index contributed by atoms with van der Waals surface area (Å²) in [6, 6.07) is 4.51. The maximum atomic E-state index is 13.1. The van der Waals surface area contributed by atoms with Crippen LogP contribution in [0.25, 0.3) is 11.1 Å². The zero-order chi connectivity index (χ0) is 14.0. The van der Waals surface area contributed by atoms with E-state index < -0.39 is 22.4 Å². The van der Waals surface area contributed by atoms with E-state index in [-0.39, 0.29) is 16.7 Å². The average molecular weight is 262 g/mol. The van der Waals surface area contributed by atoms with E-state index in [4.69, 9.17) is 5.11 Å². The van der Waals surface area contributed by atoms with Crippen molar-refractivity contribution in [1.82, 2.24) is 4.98 Å². The van der Waals surface area contributed by atoms with Crippen LogP contribution in [0, 0.1) is 15.9 Å². The number of carboxylic acids is 1. The number of hydrogen-bond donors (Lipinski definition) is 1. The smallest absolute Gasteiger partial charge is 0.335 e. The van der Waals surface area contributed by atoms with Gasteiger partial charge in [-0.3, -0.25) is 15.1 Å². The highest BCUT2D eigenvalue weighted by molar-refractivity contribution is 5.90. The van der Waals surface area contributed by atoms with Crippen LogP contribution >= 0.6 is 0 Å². The number of rotatable bonds is 3. The van der Waals surface area contributed by atoms with E-state index in [1.165, 1.54) is 18.3 Å². The molecule has 1 N–H and O–H groups in total. The van der Waals surface area contributed by atoms with Crippen LogP contribution in [0.5, 0.6) is 0 Å². The molecule has 19 heavy (non-hydrogen) atoms. The fraction of sp³-hybridized carbons (Fsp3) is 0. The number of benzene rings is 1. The molecule has 0 spiro atoms. The summed E-state index contributed by atoms with van der Waals surface area (Å²) >= 11 is 0. The molecule has 1 heterocycles. The lowest BCUT2D eigenvalue weighted by Gasteiger charge is -2.04. The first-order valence-electron chi connectivity index (χ1n) is 5.11. The summed E-state index contributed by atoms with van der Waals surface area (Å²) in [6.07, 6.45) is 2.24. The van der Waals surface area contributed by atoms with Crippen molar-refractivity contribution in [1.29, 1.82) is 0 Å². The highest BCUT2D eigenvalue weighted by Gasteiger charge is 2.18. The molecular formula is C12H7FN2O4. The summed E-state index contributed by atoms with van der Waals surface area (Å²) in [5.41, 5.74) is -0.294. The Labute approximate surface area is 106 Å². The van der Waals surface area contributed by atoms with Crippen LogP contribution in [0.2, 0.25) is 0 Å². The van der Waals surface area contributed by atoms with Crippen molar-refractivity contribution < 1.29 is 19.2 Å². The molecule has 96 valence electrons. The van der Waals surface area contributed by atoms with Crippen molar-refractivity contribution in [3.63, 3.8) is 0 Å². The van der Waals surface area contributed by atoms with Gasteiger partial charge in [0.05, 0.1) is 22.2 Å². The minimum atomic E-state index is -1.27. The Kier molecular flexibility index (Phi) is 3.19. The highest BCUT2D eigenvalue weighted by atomic mass is 19.1. The molecule has 2 aromatic rings. The van der Waals surface area contributed by atoms with Crippen LogP contribution in [0.1, 0.15) is 10.4 Å². The highest BCUT2D eigenvalue weighted by Crippen LogP contribution is 2.30. The molecule has 0 aliphatic carbocycles. The molecule has 0 aliphatic heterocycles. The Morgan fingerprint density at radius 3 is 2.63 bits per heavy atom. The van der Waals surface area contributed by atoms with E-state index in [0.29, 0.717) is 0 Å². The van der Waals surface area contributed by atoms with Crippen molar-refractivity contribution in [3.05, 3.63) is 58.2 Å². The Hall–Kier alpha value is -2.83. The molecule has 0 radical (unpaired) electrons. The number of nitro benzene ring substituents is 1. The summed E-state index contributed by atoms with van der Waals surface area (Å²) in [4.78, 5) is 24.6. The minimum Gasteiger partial charge on any atom is -0.478 e. The lowest BCUT2D eigenvalue weighted by Crippen LogP contribution is -2.00. The van der Waals surface area contributed by atoms with Crippen LogP contribution in [0.3, 0.4) is 0 Å². The number of nitrogens with zero attached hydrogens (tertiary/aromatic N) is 2. The monoisotopic (exact) mass is 262 g/mol. The third-order valence-electron chi connectivity index (χ3n) is 2.46. The molecular weight excluding hydrogens is 255 g/mol. The molecule has 0 fully saturated rings. The molecule has 0 amide bonds. The van der Waals surface area contributed by atoms with Gasteiger partial charge in [0.15, 0.2) is 0 Å². The second-order valence-electron chi connectivity index (χ2n) is 3.69. The number of pyridine rings is 1. The number of hydrogen-bond acceptors (Lipinski definition) is 4. The van der Waals surface area contributed by atoms with Crippen LogP contribution in [0.15, 0.2) is 36.7 Å². The van der Waals surface area contributed by atoms with E-state index in [9.17, 15) is 19.3 Å². The third kappa shape index (κ3) is 2.54. The topological polar surface area (TPSA) is 93.3 Å². The Morgan fingerprint density at radius 1 is 1.32 bits per heavy atom. The molecule has 1 aromatic carbocycles. The van der Waals surface area contributed by atoms with Gasteiger partial charge in [-0.1, -0.05) is 0 Å². The molecule has 7 heteroatoms. The second-order valence-corrected chi connectivity index (χ2v) is 3.69. The molecule has 1 aromatic heterocycles. The number of carbonyl (C=O) groups is 1. The van der Waals surface area contributed by atoms with Crippen molar-refractivity contribution in [3.8, 4) is 11.1 Å². The quantitative estimate of drug-likeness (QED) is 0.677. The fourth-order valence-corrected chi connectivity index (χ4v) is 1.62.